The van der Waals surface area contributed by atoms with Gasteiger partial charge in [-0.25, -0.2) is 9.97 Å². The first kappa shape index (κ1) is 16.8. The van der Waals surface area contributed by atoms with E-state index in [1.807, 2.05) is 12.1 Å². The molecule has 0 spiro atoms. The highest BCUT2D eigenvalue weighted by Gasteiger charge is 2.13. The molecule has 116 valence electrons. The number of rotatable bonds is 3. The van der Waals surface area contributed by atoms with E-state index in [1.165, 1.54) is 10.4 Å². The van der Waals surface area contributed by atoms with Crippen LogP contribution in [0.15, 0.2) is 24.5 Å². The molecule has 0 aliphatic carbocycles. The van der Waals surface area contributed by atoms with Crippen molar-refractivity contribution >= 4 is 57.1 Å². The summed E-state index contributed by atoms with van der Waals surface area (Å²) in [7, 11) is 1.63. The molecule has 0 bridgehead atoms. The number of hydrogen-bond acceptors (Lipinski definition) is 5. The van der Waals surface area contributed by atoms with E-state index in [1.54, 1.807) is 30.8 Å². The van der Waals surface area contributed by atoms with E-state index < -0.39 is 0 Å². The lowest BCUT2D eigenvalue weighted by Gasteiger charge is -2.11. The van der Waals surface area contributed by atoms with Crippen molar-refractivity contribution in [2.45, 2.75) is 13.8 Å². The molecule has 2 heterocycles. The minimum atomic E-state index is 0. The molecule has 7 heteroatoms. The average Bonchev–Trinajstić information content (AvgIpc) is 2.75. The van der Waals surface area contributed by atoms with Crippen LogP contribution in [0.3, 0.4) is 0 Å². The highest BCUT2D eigenvalue weighted by molar-refractivity contribution is 7.18. The van der Waals surface area contributed by atoms with Gasteiger partial charge in [-0.3, -0.25) is 0 Å². The van der Waals surface area contributed by atoms with E-state index in [2.05, 4.69) is 29.1 Å². The van der Waals surface area contributed by atoms with Crippen molar-refractivity contribution in [1.29, 1.82) is 0 Å². The standard InChI is InChI=1S/C15H14ClN3OS.ClH/c1-8-9(2)21-15-13(8)14(17-7-18-15)19-11-6-10(16)4-5-12(11)20-3;/h4-7H,1-3H3,(H,17,18,19);1H. The molecule has 0 radical (unpaired) electrons. The number of aromatic nitrogens is 2. The molecule has 1 aromatic carbocycles. The number of anilines is 2. The zero-order valence-corrected chi connectivity index (χ0v) is 14.7. The van der Waals surface area contributed by atoms with Gasteiger partial charge in [0, 0.05) is 9.90 Å². The van der Waals surface area contributed by atoms with Gasteiger partial charge < -0.3 is 10.1 Å². The number of fused-ring (bicyclic) bond motifs is 1. The van der Waals surface area contributed by atoms with Crippen molar-refractivity contribution in [3.8, 4) is 5.75 Å². The van der Waals surface area contributed by atoms with E-state index in [0.717, 1.165) is 27.5 Å². The first-order valence-corrected chi connectivity index (χ1v) is 7.61. The van der Waals surface area contributed by atoms with Crippen molar-refractivity contribution < 1.29 is 4.74 Å². The normalized spacial score (nSPS) is 10.4. The molecule has 0 saturated heterocycles. The lowest BCUT2D eigenvalue weighted by atomic mass is 10.2. The molecule has 0 atom stereocenters. The Morgan fingerprint density at radius 3 is 2.73 bits per heavy atom. The number of benzene rings is 1. The quantitative estimate of drug-likeness (QED) is 0.706. The Bertz CT molecular complexity index is 820. The van der Waals surface area contributed by atoms with Crippen molar-refractivity contribution in [1.82, 2.24) is 9.97 Å². The number of hydrogen-bond donors (Lipinski definition) is 1. The predicted molar refractivity (Wildman–Crippen MR) is 95.4 cm³/mol. The smallest absolute Gasteiger partial charge is 0.142 e. The van der Waals surface area contributed by atoms with E-state index in [9.17, 15) is 0 Å². The number of ether oxygens (including phenoxy) is 1. The molecule has 3 aromatic rings. The Hall–Kier alpha value is -1.56. The molecule has 0 aliphatic rings. The molecular formula is C15H15Cl2N3OS. The van der Waals surface area contributed by atoms with Gasteiger partial charge in [-0.05, 0) is 37.6 Å². The molecule has 0 saturated carbocycles. The lowest BCUT2D eigenvalue weighted by molar-refractivity contribution is 0.417. The number of aryl methyl sites for hydroxylation is 2. The number of thiophene rings is 1. The Balaban J connectivity index is 0.00000176. The topological polar surface area (TPSA) is 47.0 Å². The SMILES string of the molecule is COc1ccc(Cl)cc1Nc1ncnc2sc(C)c(C)c12.Cl. The van der Waals surface area contributed by atoms with E-state index in [4.69, 9.17) is 16.3 Å². The van der Waals surface area contributed by atoms with Crippen LogP contribution >= 0.6 is 35.3 Å². The minimum absolute atomic E-state index is 0. The maximum atomic E-state index is 6.07. The average molecular weight is 356 g/mol. The van der Waals surface area contributed by atoms with Crippen LogP contribution in [0, 0.1) is 13.8 Å². The number of methoxy groups -OCH3 is 1. The van der Waals surface area contributed by atoms with Crippen LogP contribution in [0.4, 0.5) is 11.5 Å². The van der Waals surface area contributed by atoms with Gasteiger partial charge in [-0.2, -0.15) is 0 Å². The summed E-state index contributed by atoms with van der Waals surface area (Å²) in [5, 5.41) is 4.99. The second kappa shape index (κ2) is 6.69. The van der Waals surface area contributed by atoms with Crippen LogP contribution in [0.5, 0.6) is 5.75 Å². The highest BCUT2D eigenvalue weighted by atomic mass is 35.5. The minimum Gasteiger partial charge on any atom is -0.495 e. The molecule has 0 amide bonds. The summed E-state index contributed by atoms with van der Waals surface area (Å²) in [4.78, 5) is 10.9. The first-order chi connectivity index (χ1) is 10.1. The third kappa shape index (κ3) is 2.97. The lowest BCUT2D eigenvalue weighted by Crippen LogP contribution is -1.98. The van der Waals surface area contributed by atoms with Gasteiger partial charge in [0.05, 0.1) is 18.2 Å². The fourth-order valence-corrected chi connectivity index (χ4v) is 3.35. The summed E-state index contributed by atoms with van der Waals surface area (Å²) < 4.78 is 5.36. The van der Waals surface area contributed by atoms with Crippen molar-refractivity contribution in [2.24, 2.45) is 0 Å². The number of halogens is 2. The second-order valence-electron chi connectivity index (χ2n) is 4.66. The molecule has 4 nitrogen and oxygen atoms in total. The van der Waals surface area contributed by atoms with E-state index >= 15 is 0 Å². The summed E-state index contributed by atoms with van der Waals surface area (Å²) in [5.74, 6) is 1.48. The van der Waals surface area contributed by atoms with Crippen LogP contribution < -0.4 is 10.1 Å². The zero-order chi connectivity index (χ0) is 15.0. The number of nitrogens with zero attached hydrogens (tertiary/aromatic N) is 2. The van der Waals surface area contributed by atoms with Gasteiger partial charge in [0.25, 0.3) is 0 Å². The van der Waals surface area contributed by atoms with Crippen LogP contribution in [-0.2, 0) is 0 Å². The van der Waals surface area contributed by atoms with Crippen LogP contribution in [-0.4, -0.2) is 17.1 Å². The van der Waals surface area contributed by atoms with Gasteiger partial charge in [0.2, 0.25) is 0 Å². The predicted octanol–water partition coefficient (Wildman–Crippen LogP) is 5.14. The molecule has 3 rings (SSSR count). The molecule has 0 fully saturated rings. The van der Waals surface area contributed by atoms with Crippen LogP contribution in [0.25, 0.3) is 10.2 Å². The van der Waals surface area contributed by atoms with E-state index in [0.29, 0.717) is 5.02 Å². The van der Waals surface area contributed by atoms with Gasteiger partial charge in [0.1, 0.15) is 22.7 Å². The highest BCUT2D eigenvalue weighted by Crippen LogP contribution is 2.36. The van der Waals surface area contributed by atoms with Crippen LogP contribution in [0.2, 0.25) is 5.02 Å². The Morgan fingerprint density at radius 1 is 1.23 bits per heavy atom. The summed E-state index contributed by atoms with van der Waals surface area (Å²) in [6, 6.07) is 5.44. The van der Waals surface area contributed by atoms with Gasteiger partial charge in [-0.1, -0.05) is 11.6 Å². The third-order valence-electron chi connectivity index (χ3n) is 3.38. The Kier molecular flexibility index (Phi) is 5.11. The summed E-state index contributed by atoms with van der Waals surface area (Å²) in [6.07, 6.45) is 1.57. The molecule has 0 unspecified atom stereocenters. The summed E-state index contributed by atoms with van der Waals surface area (Å²) >= 11 is 7.74. The van der Waals surface area contributed by atoms with Gasteiger partial charge in [-0.15, -0.1) is 23.7 Å². The van der Waals surface area contributed by atoms with Crippen molar-refractivity contribution in [2.75, 3.05) is 12.4 Å². The molecule has 0 aliphatic heterocycles. The fraction of sp³-hybridized carbons (Fsp3) is 0.200. The summed E-state index contributed by atoms with van der Waals surface area (Å²) in [5.41, 5.74) is 1.98. The Labute approximate surface area is 143 Å². The first-order valence-electron chi connectivity index (χ1n) is 6.41. The maximum absolute atomic E-state index is 6.07. The van der Waals surface area contributed by atoms with Gasteiger partial charge in [0.15, 0.2) is 0 Å². The third-order valence-corrected chi connectivity index (χ3v) is 4.73. The fourth-order valence-electron chi connectivity index (χ4n) is 2.18. The molecule has 2 aromatic heterocycles. The largest absolute Gasteiger partial charge is 0.495 e. The Morgan fingerprint density at radius 2 is 2.00 bits per heavy atom. The van der Waals surface area contributed by atoms with Crippen LogP contribution in [0.1, 0.15) is 10.4 Å². The van der Waals surface area contributed by atoms with Crippen molar-refractivity contribution in [3.63, 3.8) is 0 Å². The second-order valence-corrected chi connectivity index (χ2v) is 6.29. The van der Waals surface area contributed by atoms with Crippen molar-refractivity contribution in [3.05, 3.63) is 40.0 Å². The van der Waals surface area contributed by atoms with Gasteiger partial charge >= 0.3 is 0 Å². The number of nitrogens with one attached hydrogen (secondary N) is 1. The molecule has 1 N–H and O–H groups in total. The molecular weight excluding hydrogens is 341 g/mol. The zero-order valence-electron chi connectivity index (χ0n) is 12.3. The van der Waals surface area contributed by atoms with E-state index in [-0.39, 0.29) is 12.4 Å². The monoisotopic (exact) mass is 355 g/mol. The maximum Gasteiger partial charge on any atom is 0.142 e. The summed E-state index contributed by atoms with van der Waals surface area (Å²) in [6.45, 7) is 4.17. The molecule has 22 heavy (non-hydrogen) atoms.